The molecule has 0 heterocycles. The summed E-state index contributed by atoms with van der Waals surface area (Å²) in [6.45, 7) is 7.79. The van der Waals surface area contributed by atoms with Crippen molar-refractivity contribution in [1.82, 2.24) is 9.34 Å². The summed E-state index contributed by atoms with van der Waals surface area (Å²) in [4.78, 5) is 0. The Kier molecular flexibility index (Phi) is 7.22. The summed E-state index contributed by atoms with van der Waals surface area (Å²) in [7, 11) is -3.85. The Morgan fingerprint density at radius 2 is 1.28 bits per heavy atom. The molecule has 0 aromatic rings. The van der Waals surface area contributed by atoms with Crippen LogP contribution in [0.3, 0.4) is 0 Å². The average Bonchev–Trinajstić information content (AvgIpc) is 2.29. The molecule has 0 bridgehead atoms. The summed E-state index contributed by atoms with van der Waals surface area (Å²) < 4.78 is 54.1. The van der Waals surface area contributed by atoms with Gasteiger partial charge in [0.25, 0.3) is 0 Å². The fraction of sp³-hybridized carbons (Fsp3) is 1.00. The molecular weight excluding hydrogens is 288 g/mol. The van der Waals surface area contributed by atoms with E-state index in [1.165, 1.54) is 9.34 Å². The Labute approximate surface area is 112 Å². The van der Waals surface area contributed by atoms with Crippen LogP contribution in [0.2, 0.25) is 0 Å². The summed E-state index contributed by atoms with van der Waals surface area (Å²) in [5.41, 5.74) is 0. The summed E-state index contributed by atoms with van der Waals surface area (Å²) in [6, 6.07) is 0. The van der Waals surface area contributed by atoms with Crippen LogP contribution in [0.15, 0.2) is 0 Å². The summed E-state index contributed by atoms with van der Waals surface area (Å²) in [5, 5.41) is -2.36. The van der Waals surface area contributed by atoms with Crippen LogP contribution in [0.4, 0.5) is 13.2 Å². The SMILES string of the molecule is CCN(CC)P(=O)([C@@H](Cl)C(F)(F)F)N(CC)CC. The van der Waals surface area contributed by atoms with Crippen LogP contribution in [0.5, 0.6) is 0 Å². The van der Waals surface area contributed by atoms with E-state index in [1.54, 1.807) is 27.7 Å². The van der Waals surface area contributed by atoms with Gasteiger partial charge in [-0.15, -0.1) is 11.6 Å². The number of nitrogens with zero attached hydrogens (tertiary/aromatic N) is 2. The van der Waals surface area contributed by atoms with Crippen molar-refractivity contribution in [2.75, 3.05) is 26.2 Å². The smallest absolute Gasteiger partial charge is 0.287 e. The van der Waals surface area contributed by atoms with Gasteiger partial charge in [-0.05, 0) is 0 Å². The predicted molar refractivity (Wildman–Crippen MR) is 69.1 cm³/mol. The van der Waals surface area contributed by atoms with Crippen molar-refractivity contribution in [3.8, 4) is 0 Å². The molecule has 0 unspecified atom stereocenters. The van der Waals surface area contributed by atoms with Gasteiger partial charge in [-0.25, -0.2) is 9.34 Å². The third-order valence-corrected chi connectivity index (χ3v) is 7.48. The van der Waals surface area contributed by atoms with Gasteiger partial charge in [0.2, 0.25) is 12.6 Å². The molecule has 8 heteroatoms. The summed E-state index contributed by atoms with van der Waals surface area (Å²) in [5.74, 6) is 0. The van der Waals surface area contributed by atoms with Crippen LogP contribution in [0, 0.1) is 0 Å². The van der Waals surface area contributed by atoms with Gasteiger partial charge in [-0.2, -0.15) is 13.2 Å². The molecule has 0 spiro atoms. The van der Waals surface area contributed by atoms with E-state index in [4.69, 9.17) is 11.6 Å². The van der Waals surface area contributed by atoms with E-state index in [9.17, 15) is 17.7 Å². The Balaban J connectivity index is 5.61. The molecule has 0 aliphatic rings. The summed E-state index contributed by atoms with van der Waals surface area (Å²) in [6.07, 6.45) is -4.68. The molecule has 3 nitrogen and oxygen atoms in total. The fourth-order valence-corrected chi connectivity index (χ4v) is 5.59. The molecule has 1 atom stereocenters. The third kappa shape index (κ3) is 3.62. The zero-order chi connectivity index (χ0) is 14.6. The Morgan fingerprint density at radius 3 is 1.44 bits per heavy atom. The largest absolute Gasteiger partial charge is 0.414 e. The van der Waals surface area contributed by atoms with Crippen molar-refractivity contribution in [2.24, 2.45) is 0 Å². The first-order chi connectivity index (χ1) is 8.19. The molecule has 0 aromatic heterocycles. The number of hydrogen-bond acceptors (Lipinski definition) is 1. The molecule has 110 valence electrons. The molecule has 0 fully saturated rings. The lowest BCUT2D eigenvalue weighted by molar-refractivity contribution is -0.117. The zero-order valence-corrected chi connectivity index (χ0v) is 12.8. The van der Waals surface area contributed by atoms with E-state index in [0.717, 1.165) is 0 Å². The Morgan fingerprint density at radius 1 is 1.00 bits per heavy atom. The van der Waals surface area contributed by atoms with Crippen LogP contribution in [0.25, 0.3) is 0 Å². The Bertz CT molecular complexity index is 277. The molecule has 0 aliphatic carbocycles. The highest BCUT2D eigenvalue weighted by molar-refractivity contribution is 7.61. The van der Waals surface area contributed by atoms with Gasteiger partial charge in [0.15, 0.2) is 0 Å². The second kappa shape index (κ2) is 7.13. The van der Waals surface area contributed by atoms with Crippen molar-refractivity contribution in [3.63, 3.8) is 0 Å². The lowest BCUT2D eigenvalue weighted by atomic mass is 10.7. The van der Waals surface area contributed by atoms with Gasteiger partial charge in [-0.1, -0.05) is 27.7 Å². The van der Waals surface area contributed by atoms with Crippen molar-refractivity contribution >= 4 is 19.0 Å². The molecule has 18 heavy (non-hydrogen) atoms. The molecular formula is C10H21ClF3N2OP. The minimum atomic E-state index is -4.68. The van der Waals surface area contributed by atoms with Crippen LogP contribution < -0.4 is 0 Å². The first-order valence-corrected chi connectivity index (χ1v) is 8.13. The average molecular weight is 309 g/mol. The molecule has 0 saturated heterocycles. The van der Waals surface area contributed by atoms with Gasteiger partial charge >= 0.3 is 6.18 Å². The topological polar surface area (TPSA) is 23.6 Å². The van der Waals surface area contributed by atoms with Crippen LogP contribution in [0.1, 0.15) is 27.7 Å². The third-order valence-electron chi connectivity index (χ3n) is 2.84. The van der Waals surface area contributed by atoms with Crippen LogP contribution >= 0.6 is 19.0 Å². The maximum atomic E-state index is 12.9. The quantitative estimate of drug-likeness (QED) is 0.525. The van der Waals surface area contributed by atoms with Crippen molar-refractivity contribution in [2.45, 2.75) is 39.0 Å². The van der Waals surface area contributed by atoms with Gasteiger partial charge in [0, 0.05) is 26.2 Å². The van der Waals surface area contributed by atoms with Crippen molar-refractivity contribution in [3.05, 3.63) is 0 Å². The van der Waals surface area contributed by atoms with Crippen LogP contribution in [-0.4, -0.2) is 46.8 Å². The van der Waals surface area contributed by atoms with E-state index in [1.807, 2.05) is 0 Å². The molecule has 0 rings (SSSR count). The fourth-order valence-electron chi connectivity index (χ4n) is 1.91. The van der Waals surface area contributed by atoms with Crippen molar-refractivity contribution in [1.29, 1.82) is 0 Å². The number of hydrogen-bond donors (Lipinski definition) is 0. The first-order valence-electron chi connectivity index (χ1n) is 6.01. The normalized spacial score (nSPS) is 15.4. The minimum Gasteiger partial charge on any atom is -0.287 e. The first kappa shape index (κ1) is 18.2. The Hall–Kier alpha value is 0.230. The zero-order valence-electron chi connectivity index (χ0n) is 11.2. The van der Waals surface area contributed by atoms with Gasteiger partial charge in [-0.3, -0.25) is 4.57 Å². The summed E-state index contributed by atoms with van der Waals surface area (Å²) >= 11 is 5.50. The maximum absolute atomic E-state index is 12.9. The van der Waals surface area contributed by atoms with Gasteiger partial charge < -0.3 is 0 Å². The number of alkyl halides is 4. The highest BCUT2D eigenvalue weighted by atomic mass is 35.5. The van der Waals surface area contributed by atoms with Gasteiger partial charge in [0.05, 0.1) is 0 Å². The van der Waals surface area contributed by atoms with E-state index in [2.05, 4.69) is 0 Å². The molecule has 0 N–H and O–H groups in total. The lowest BCUT2D eigenvalue weighted by Gasteiger charge is -2.40. The highest BCUT2D eigenvalue weighted by Crippen LogP contribution is 2.62. The van der Waals surface area contributed by atoms with E-state index >= 15 is 0 Å². The lowest BCUT2D eigenvalue weighted by Crippen LogP contribution is -2.40. The predicted octanol–water partition coefficient (Wildman–Crippen LogP) is 3.99. The molecule has 0 aliphatic heterocycles. The molecule has 0 amide bonds. The number of halogens is 4. The van der Waals surface area contributed by atoms with Crippen molar-refractivity contribution < 1.29 is 17.7 Å². The monoisotopic (exact) mass is 308 g/mol. The van der Waals surface area contributed by atoms with E-state index in [0.29, 0.717) is 0 Å². The van der Waals surface area contributed by atoms with Crippen LogP contribution in [-0.2, 0) is 4.57 Å². The molecule has 0 saturated carbocycles. The maximum Gasteiger partial charge on any atom is 0.414 e. The minimum absolute atomic E-state index is 0.267. The second-order valence-corrected chi connectivity index (χ2v) is 7.31. The number of rotatable bonds is 7. The molecule has 0 radical (unpaired) electrons. The van der Waals surface area contributed by atoms with Gasteiger partial charge in [0.1, 0.15) is 0 Å². The highest BCUT2D eigenvalue weighted by Gasteiger charge is 2.55. The van der Waals surface area contributed by atoms with E-state index < -0.39 is 18.7 Å². The van der Waals surface area contributed by atoms with E-state index in [-0.39, 0.29) is 26.2 Å². The molecule has 0 aromatic carbocycles. The second-order valence-electron chi connectivity index (χ2n) is 3.74. The standard InChI is InChI=1S/C10H21ClF3N2OP/c1-5-15(6-2)18(17,16(7-3)8-4)9(11)10(12,13)14/h9H,5-8H2,1-4H3/t9-/m1/s1.